The number of thiophene rings is 1. The van der Waals surface area contributed by atoms with Gasteiger partial charge < -0.3 is 15.4 Å². The van der Waals surface area contributed by atoms with Crippen molar-refractivity contribution in [1.29, 1.82) is 0 Å². The van der Waals surface area contributed by atoms with Crippen LogP contribution in [0.25, 0.3) is 0 Å². The molecule has 2 N–H and O–H groups in total. The van der Waals surface area contributed by atoms with Crippen LogP contribution in [0.3, 0.4) is 0 Å². The van der Waals surface area contributed by atoms with Gasteiger partial charge in [0.1, 0.15) is 16.4 Å². The molecule has 2 aromatic heterocycles. The lowest BCUT2D eigenvalue weighted by Gasteiger charge is -2.34. The first-order valence-corrected chi connectivity index (χ1v) is 13.5. The van der Waals surface area contributed by atoms with Crippen LogP contribution in [-0.4, -0.2) is 33.9 Å². The Balaban J connectivity index is 1.49. The molecule has 0 fully saturated rings. The van der Waals surface area contributed by atoms with Gasteiger partial charge in [-0.1, -0.05) is 29.8 Å². The monoisotopic (exact) mass is 546 g/mol. The van der Waals surface area contributed by atoms with E-state index in [-0.39, 0.29) is 23.9 Å². The second-order valence-electron chi connectivity index (χ2n) is 10.1. The molecule has 0 radical (unpaired) electrons. The van der Waals surface area contributed by atoms with Crippen LogP contribution >= 0.6 is 11.3 Å². The first-order valence-electron chi connectivity index (χ1n) is 12.7. The van der Waals surface area contributed by atoms with E-state index in [1.54, 1.807) is 26.0 Å². The number of aromatic nitrogens is 2. The second kappa shape index (κ2) is 10.1. The molecule has 5 rings (SSSR count). The summed E-state index contributed by atoms with van der Waals surface area (Å²) in [6, 6.07) is 4.70. The molecule has 202 valence electrons. The number of rotatable bonds is 5. The number of hydrogen-bond acceptors (Lipinski definition) is 6. The maximum atomic E-state index is 14.1. The molecule has 1 aromatic carbocycles. The first kappa shape index (κ1) is 26.3. The van der Waals surface area contributed by atoms with Crippen LogP contribution in [0.1, 0.15) is 87.5 Å². The van der Waals surface area contributed by atoms with Gasteiger partial charge in [-0.2, -0.15) is 18.3 Å². The van der Waals surface area contributed by atoms with Gasteiger partial charge >= 0.3 is 12.1 Å². The van der Waals surface area contributed by atoms with Crippen molar-refractivity contribution in [1.82, 2.24) is 9.78 Å². The van der Waals surface area contributed by atoms with Gasteiger partial charge in [0.15, 0.2) is 6.04 Å². The molecule has 1 aliphatic carbocycles. The molecule has 2 aliphatic rings. The quantitative estimate of drug-likeness (QED) is 0.352. The highest BCUT2D eigenvalue weighted by Crippen LogP contribution is 2.45. The molecule has 1 aliphatic heterocycles. The average molecular weight is 547 g/mol. The molecular formula is C27H29F3N4O3S. The molecule has 0 saturated heterocycles. The number of nitrogens with zero attached hydrogens (tertiary/aromatic N) is 2. The van der Waals surface area contributed by atoms with Crippen LogP contribution in [0, 0.1) is 6.92 Å². The summed E-state index contributed by atoms with van der Waals surface area (Å²) in [5, 5.41) is 10.2. The third-order valence-corrected chi connectivity index (χ3v) is 8.12. The maximum absolute atomic E-state index is 14.1. The minimum absolute atomic E-state index is 0.00530. The van der Waals surface area contributed by atoms with Crippen molar-refractivity contribution in [2.24, 2.45) is 0 Å². The summed E-state index contributed by atoms with van der Waals surface area (Å²) in [7, 11) is 0. The standard InChI is InChI=1S/C27H29F3N4O3S/c1-14(2)37-26(36)22-17-6-4-5-7-20(17)38-25(22)33-24(35)18-13-31-34-21(27(28,29)30)12-19(32-23(18)34)16-10-8-15(3)9-11-16/h8-11,13-14,19,21,32H,4-7,12H2,1-3H3,(H,33,35)/t19-,21-/m0/s1. The Hall–Kier alpha value is -3.34. The Bertz CT molecular complexity index is 1360. The van der Waals surface area contributed by atoms with Crippen LogP contribution in [0.4, 0.5) is 24.0 Å². The number of esters is 1. The number of aryl methyl sites for hydroxylation is 2. The van der Waals surface area contributed by atoms with Crippen molar-refractivity contribution in [2.75, 3.05) is 10.6 Å². The van der Waals surface area contributed by atoms with Crippen molar-refractivity contribution in [2.45, 2.75) is 77.2 Å². The molecule has 2 atom stereocenters. The minimum Gasteiger partial charge on any atom is -0.459 e. The molecule has 0 spiro atoms. The Morgan fingerprint density at radius 2 is 1.89 bits per heavy atom. The fourth-order valence-corrected chi connectivity index (χ4v) is 6.33. The summed E-state index contributed by atoms with van der Waals surface area (Å²) in [6.45, 7) is 5.41. The fraction of sp³-hybridized carbons (Fsp3) is 0.444. The number of fused-ring (bicyclic) bond motifs is 2. The number of benzene rings is 1. The third kappa shape index (κ3) is 5.03. The first-order chi connectivity index (χ1) is 18.0. The number of carbonyl (C=O) groups is 2. The SMILES string of the molecule is Cc1ccc([C@@H]2C[C@@H](C(F)(F)F)n3ncc(C(=O)Nc4sc5c(c4C(=O)OC(C)C)CCCC5)c3N2)cc1. The van der Waals surface area contributed by atoms with E-state index in [1.165, 1.54) is 11.3 Å². The van der Waals surface area contributed by atoms with Gasteiger partial charge in [-0.25, -0.2) is 9.48 Å². The van der Waals surface area contributed by atoms with Crippen molar-refractivity contribution >= 4 is 34.0 Å². The minimum atomic E-state index is -4.56. The highest BCUT2D eigenvalue weighted by Gasteiger charge is 2.47. The summed E-state index contributed by atoms with van der Waals surface area (Å²) in [5.41, 5.74) is 2.88. The van der Waals surface area contributed by atoms with Crippen molar-refractivity contribution in [3.63, 3.8) is 0 Å². The number of alkyl halides is 3. The van der Waals surface area contributed by atoms with Crippen LogP contribution in [0.2, 0.25) is 0 Å². The molecule has 1 amide bonds. The van der Waals surface area contributed by atoms with Crippen LogP contribution < -0.4 is 10.6 Å². The molecule has 38 heavy (non-hydrogen) atoms. The normalized spacial score (nSPS) is 18.9. The van der Waals surface area contributed by atoms with Crippen LogP contribution in [0.15, 0.2) is 30.5 Å². The Kier molecular flexibility index (Phi) is 6.97. The number of amides is 1. The smallest absolute Gasteiger partial charge is 0.410 e. The molecule has 11 heteroatoms. The van der Waals surface area contributed by atoms with Gasteiger partial charge in [0.25, 0.3) is 5.91 Å². The highest BCUT2D eigenvalue weighted by atomic mass is 32.1. The number of hydrogen-bond donors (Lipinski definition) is 2. The van der Waals surface area contributed by atoms with Gasteiger partial charge in [0.05, 0.1) is 23.9 Å². The van der Waals surface area contributed by atoms with Crippen molar-refractivity contribution < 1.29 is 27.5 Å². The van der Waals surface area contributed by atoms with Gasteiger partial charge in [0.2, 0.25) is 0 Å². The molecule has 0 bridgehead atoms. The van der Waals surface area contributed by atoms with E-state index in [2.05, 4.69) is 15.7 Å². The van der Waals surface area contributed by atoms with Gasteiger partial charge in [-0.3, -0.25) is 4.79 Å². The molecule has 0 saturated carbocycles. The van der Waals surface area contributed by atoms with E-state index in [9.17, 15) is 22.8 Å². The summed E-state index contributed by atoms with van der Waals surface area (Å²) in [6.07, 6.45) is -0.582. The zero-order valence-electron chi connectivity index (χ0n) is 21.3. The average Bonchev–Trinajstić information content (AvgIpc) is 3.44. The topological polar surface area (TPSA) is 85.2 Å². The zero-order chi connectivity index (χ0) is 27.2. The fourth-order valence-electron chi connectivity index (χ4n) is 5.06. The van der Waals surface area contributed by atoms with Crippen molar-refractivity contribution in [3.8, 4) is 0 Å². The summed E-state index contributed by atoms with van der Waals surface area (Å²) in [5.74, 6) is -1.16. The maximum Gasteiger partial charge on any atom is 0.410 e. The number of carbonyl (C=O) groups excluding carboxylic acids is 2. The van der Waals surface area contributed by atoms with Crippen LogP contribution in [-0.2, 0) is 17.6 Å². The van der Waals surface area contributed by atoms with E-state index >= 15 is 0 Å². The molecular weight excluding hydrogens is 517 g/mol. The lowest BCUT2D eigenvalue weighted by Crippen LogP contribution is -2.36. The summed E-state index contributed by atoms with van der Waals surface area (Å²) < 4.78 is 48.5. The highest BCUT2D eigenvalue weighted by molar-refractivity contribution is 7.17. The molecule has 7 nitrogen and oxygen atoms in total. The van der Waals surface area contributed by atoms with Crippen molar-refractivity contribution in [3.05, 3.63) is 63.2 Å². The lowest BCUT2D eigenvalue weighted by atomic mass is 9.95. The second-order valence-corrected chi connectivity index (χ2v) is 11.2. The number of halogens is 3. The summed E-state index contributed by atoms with van der Waals surface area (Å²) in [4.78, 5) is 27.5. The number of ether oxygens (including phenoxy) is 1. The van der Waals surface area contributed by atoms with Gasteiger partial charge in [-0.05, 0) is 57.6 Å². The predicted octanol–water partition coefficient (Wildman–Crippen LogP) is 6.61. The Labute approximate surface area is 222 Å². The van der Waals surface area contributed by atoms with E-state index in [0.29, 0.717) is 22.5 Å². The zero-order valence-corrected chi connectivity index (χ0v) is 22.1. The third-order valence-electron chi connectivity index (χ3n) is 6.91. The van der Waals surface area contributed by atoms with Gasteiger partial charge in [-0.15, -0.1) is 11.3 Å². The van der Waals surface area contributed by atoms with Crippen LogP contribution in [0.5, 0.6) is 0 Å². The van der Waals surface area contributed by atoms with E-state index < -0.39 is 30.1 Å². The van der Waals surface area contributed by atoms with E-state index in [0.717, 1.165) is 46.1 Å². The number of nitrogens with one attached hydrogen (secondary N) is 2. The largest absolute Gasteiger partial charge is 0.459 e. The summed E-state index contributed by atoms with van der Waals surface area (Å²) >= 11 is 1.32. The van der Waals surface area contributed by atoms with E-state index in [1.807, 2.05) is 19.1 Å². The lowest BCUT2D eigenvalue weighted by molar-refractivity contribution is -0.173. The Morgan fingerprint density at radius 3 is 2.58 bits per heavy atom. The Morgan fingerprint density at radius 1 is 1.18 bits per heavy atom. The molecule has 0 unspecified atom stereocenters. The predicted molar refractivity (Wildman–Crippen MR) is 139 cm³/mol. The van der Waals surface area contributed by atoms with Gasteiger partial charge in [0, 0.05) is 11.3 Å². The van der Waals surface area contributed by atoms with E-state index in [4.69, 9.17) is 4.74 Å². The number of anilines is 2. The molecule has 3 aromatic rings. The molecule has 3 heterocycles.